The first-order valence-electron chi connectivity index (χ1n) is 9.78. The van der Waals surface area contributed by atoms with E-state index < -0.39 is 5.69 Å². The van der Waals surface area contributed by atoms with Gasteiger partial charge in [-0.1, -0.05) is 29.3 Å². The van der Waals surface area contributed by atoms with Gasteiger partial charge in [0.1, 0.15) is 5.69 Å². The van der Waals surface area contributed by atoms with Gasteiger partial charge in [0.15, 0.2) is 12.1 Å². The van der Waals surface area contributed by atoms with E-state index in [9.17, 15) is 9.59 Å². The van der Waals surface area contributed by atoms with Gasteiger partial charge in [0, 0.05) is 19.9 Å². The zero-order chi connectivity index (χ0) is 21.3. The molecule has 0 spiro atoms. The standard InChI is InChI=1S/C20H22Cl2N4O4/c1-24-18-16(12-25(20(24)28)11-13-5-6-14(21)15(22)10-13)26(19(27)23-18)7-9-30-17-4-2-3-8-29-17/h5-6,10,12,17H,2-4,7-9,11H2,1H3. The van der Waals surface area contributed by atoms with Crippen LogP contribution in [0.1, 0.15) is 24.8 Å². The Morgan fingerprint density at radius 1 is 1.23 bits per heavy atom. The van der Waals surface area contributed by atoms with Crippen LogP contribution in [0.3, 0.4) is 0 Å². The first-order chi connectivity index (χ1) is 14.4. The van der Waals surface area contributed by atoms with E-state index in [4.69, 9.17) is 32.7 Å². The Morgan fingerprint density at radius 3 is 2.80 bits per heavy atom. The molecule has 1 saturated heterocycles. The van der Waals surface area contributed by atoms with Crippen LogP contribution in [0.15, 0.2) is 34.0 Å². The second-order valence-corrected chi connectivity index (χ2v) is 8.08. The summed E-state index contributed by atoms with van der Waals surface area (Å²) in [7, 11) is 1.60. The minimum Gasteiger partial charge on any atom is -0.353 e. The summed E-state index contributed by atoms with van der Waals surface area (Å²) in [4.78, 5) is 29.2. The molecule has 1 aromatic carbocycles. The Kier molecular flexibility index (Phi) is 6.29. The number of hydrogen-bond donors (Lipinski definition) is 0. The molecule has 4 rings (SSSR count). The molecule has 3 aliphatic heterocycles. The average Bonchev–Trinajstić information content (AvgIpc) is 3.05. The fraction of sp³-hybridized carbons (Fsp3) is 0.450. The topological polar surface area (TPSA) is 80.3 Å². The van der Waals surface area contributed by atoms with Crippen molar-refractivity contribution in [2.24, 2.45) is 7.05 Å². The van der Waals surface area contributed by atoms with E-state index in [1.54, 1.807) is 31.4 Å². The number of benzene rings is 1. The van der Waals surface area contributed by atoms with Gasteiger partial charge in [-0.2, -0.15) is 4.98 Å². The van der Waals surface area contributed by atoms with Crippen molar-refractivity contribution in [1.29, 1.82) is 0 Å². The van der Waals surface area contributed by atoms with Crippen molar-refractivity contribution in [1.82, 2.24) is 18.7 Å². The molecule has 0 aliphatic carbocycles. The number of imidazole rings is 1. The molecular formula is C20H22Cl2N4O4. The molecule has 0 aromatic heterocycles. The van der Waals surface area contributed by atoms with E-state index in [0.29, 0.717) is 41.3 Å². The van der Waals surface area contributed by atoms with Gasteiger partial charge >= 0.3 is 11.4 Å². The Bertz CT molecular complexity index is 1130. The van der Waals surface area contributed by atoms with Crippen LogP contribution in [-0.4, -0.2) is 38.2 Å². The highest BCUT2D eigenvalue weighted by molar-refractivity contribution is 6.42. The molecule has 0 N–H and O–H groups in total. The zero-order valence-electron chi connectivity index (χ0n) is 16.5. The molecule has 1 aromatic rings. The smallest absolute Gasteiger partial charge is 0.350 e. The average molecular weight is 453 g/mol. The van der Waals surface area contributed by atoms with Crippen LogP contribution in [0.25, 0.3) is 11.5 Å². The number of ether oxygens (including phenoxy) is 2. The largest absolute Gasteiger partial charge is 0.353 e. The summed E-state index contributed by atoms with van der Waals surface area (Å²) in [6, 6.07) is 5.21. The van der Waals surface area contributed by atoms with Crippen molar-refractivity contribution in [3.8, 4) is 11.5 Å². The molecular weight excluding hydrogens is 431 g/mol. The summed E-state index contributed by atoms with van der Waals surface area (Å²) in [6.07, 6.45) is 4.39. The van der Waals surface area contributed by atoms with Crippen LogP contribution in [0.4, 0.5) is 0 Å². The monoisotopic (exact) mass is 452 g/mol. The normalized spacial score (nSPS) is 17.0. The summed E-state index contributed by atoms with van der Waals surface area (Å²) in [5.41, 5.74) is 0.679. The number of halogens is 2. The van der Waals surface area contributed by atoms with Crippen LogP contribution >= 0.6 is 23.2 Å². The Morgan fingerprint density at radius 2 is 2.07 bits per heavy atom. The second-order valence-electron chi connectivity index (χ2n) is 7.27. The Labute approximate surface area is 182 Å². The van der Waals surface area contributed by atoms with Crippen molar-refractivity contribution < 1.29 is 9.47 Å². The van der Waals surface area contributed by atoms with Crippen LogP contribution in [0, 0.1) is 0 Å². The Balaban J connectivity index is 1.60. The molecule has 0 saturated carbocycles. The summed E-state index contributed by atoms with van der Waals surface area (Å²) >= 11 is 12.1. The SMILES string of the molecule is Cn1c2nc(=O)n(CCOC3CCCCO3)c-2cn(Cc2ccc(Cl)c(Cl)c2)c1=O. The molecule has 0 amide bonds. The highest BCUT2D eigenvalue weighted by Gasteiger charge is 2.21. The molecule has 160 valence electrons. The highest BCUT2D eigenvalue weighted by atomic mass is 35.5. The van der Waals surface area contributed by atoms with Crippen LogP contribution < -0.4 is 11.4 Å². The van der Waals surface area contributed by atoms with Gasteiger partial charge in [0.05, 0.1) is 29.7 Å². The molecule has 0 radical (unpaired) electrons. The summed E-state index contributed by atoms with van der Waals surface area (Å²) in [5, 5.41) is 0.867. The maximum atomic E-state index is 12.8. The fourth-order valence-corrected chi connectivity index (χ4v) is 3.90. The van der Waals surface area contributed by atoms with E-state index in [0.717, 1.165) is 24.8 Å². The second kappa shape index (κ2) is 8.93. The molecule has 1 fully saturated rings. The van der Waals surface area contributed by atoms with E-state index in [-0.39, 0.29) is 18.5 Å². The lowest BCUT2D eigenvalue weighted by atomic mass is 10.2. The lowest BCUT2D eigenvalue weighted by molar-refractivity contribution is -0.163. The zero-order valence-corrected chi connectivity index (χ0v) is 18.0. The summed E-state index contributed by atoms with van der Waals surface area (Å²) in [6.45, 7) is 1.62. The Hall–Kier alpha value is -2.13. The molecule has 30 heavy (non-hydrogen) atoms. The van der Waals surface area contributed by atoms with Crippen LogP contribution in [0.2, 0.25) is 10.0 Å². The van der Waals surface area contributed by atoms with Gasteiger partial charge in [0.25, 0.3) is 0 Å². The third-order valence-corrected chi connectivity index (χ3v) is 5.91. The van der Waals surface area contributed by atoms with E-state index in [1.807, 2.05) is 0 Å². The summed E-state index contributed by atoms with van der Waals surface area (Å²) < 4.78 is 15.7. The maximum absolute atomic E-state index is 12.8. The van der Waals surface area contributed by atoms with Crippen LogP contribution in [0.5, 0.6) is 0 Å². The van der Waals surface area contributed by atoms with E-state index in [1.165, 1.54) is 13.7 Å². The van der Waals surface area contributed by atoms with Crippen molar-refractivity contribution in [2.75, 3.05) is 13.2 Å². The minimum absolute atomic E-state index is 0.229. The summed E-state index contributed by atoms with van der Waals surface area (Å²) in [5.74, 6) is 0.337. The first kappa shape index (κ1) is 21.1. The lowest BCUT2D eigenvalue weighted by Gasteiger charge is -2.22. The first-order valence-corrected chi connectivity index (χ1v) is 10.5. The number of aromatic nitrogens is 4. The molecule has 1 unspecified atom stereocenters. The molecule has 8 nitrogen and oxygen atoms in total. The van der Waals surface area contributed by atoms with Crippen molar-refractivity contribution in [2.45, 2.75) is 38.6 Å². The predicted octanol–water partition coefficient (Wildman–Crippen LogP) is 2.75. The third kappa shape index (κ3) is 4.32. The van der Waals surface area contributed by atoms with Crippen LogP contribution in [-0.2, 0) is 29.6 Å². The number of rotatable bonds is 6. The van der Waals surface area contributed by atoms with Crippen molar-refractivity contribution >= 4 is 23.2 Å². The number of hydrogen-bond acceptors (Lipinski definition) is 5. The quantitative estimate of drug-likeness (QED) is 0.574. The van der Waals surface area contributed by atoms with Gasteiger partial charge in [-0.25, -0.2) is 9.59 Å². The predicted molar refractivity (Wildman–Crippen MR) is 113 cm³/mol. The number of fused-ring (bicyclic) bond motifs is 1. The number of nitrogens with zero attached hydrogens (tertiary/aromatic N) is 4. The molecule has 1 atom stereocenters. The van der Waals surface area contributed by atoms with Gasteiger partial charge < -0.3 is 9.47 Å². The lowest BCUT2D eigenvalue weighted by Crippen LogP contribution is -2.31. The molecule has 0 bridgehead atoms. The molecule has 3 aliphatic rings. The van der Waals surface area contributed by atoms with E-state index >= 15 is 0 Å². The van der Waals surface area contributed by atoms with E-state index in [2.05, 4.69) is 4.98 Å². The van der Waals surface area contributed by atoms with Crippen molar-refractivity contribution in [3.05, 3.63) is 61.0 Å². The molecule has 10 heteroatoms. The van der Waals surface area contributed by atoms with Gasteiger partial charge in [0.2, 0.25) is 0 Å². The van der Waals surface area contributed by atoms with Gasteiger partial charge in [-0.15, -0.1) is 0 Å². The highest BCUT2D eigenvalue weighted by Crippen LogP contribution is 2.23. The van der Waals surface area contributed by atoms with Gasteiger partial charge in [-0.05, 0) is 37.0 Å². The fourth-order valence-electron chi connectivity index (χ4n) is 3.57. The maximum Gasteiger partial charge on any atom is 0.350 e. The minimum atomic E-state index is -0.416. The van der Waals surface area contributed by atoms with Gasteiger partial charge in [-0.3, -0.25) is 13.7 Å². The third-order valence-electron chi connectivity index (χ3n) is 5.17. The molecule has 3 heterocycles. The van der Waals surface area contributed by atoms with Crippen molar-refractivity contribution in [3.63, 3.8) is 0 Å².